The number of amides is 2. The smallest absolute Gasteiger partial charge is 0.416 e. The molecule has 2 amide bonds. The van der Waals surface area contributed by atoms with Crippen molar-refractivity contribution in [2.45, 2.75) is 39.0 Å². The minimum atomic E-state index is -4.66. The lowest BCUT2D eigenvalue weighted by atomic mass is 9.96. The zero-order valence-corrected chi connectivity index (χ0v) is 24.8. The Kier molecular flexibility index (Phi) is 8.16. The number of pyridine rings is 1. The maximum absolute atomic E-state index is 15.2. The molecule has 1 fully saturated rings. The van der Waals surface area contributed by atoms with Crippen molar-refractivity contribution in [3.8, 4) is 11.5 Å². The van der Waals surface area contributed by atoms with Crippen molar-refractivity contribution >= 4 is 22.8 Å². The standard InChI is InChI=1S/C32H33F5N6O2/c1-3-41-10-12-42(13-11-41)17-21-4-5-23(16-27(21)32(35,36)37)40-30(44)43-18-22-15-24(6-7-26(22)31(33,34)19-43)45-28-8-9-38-29-25(28)14-20(2)39-29/h4-9,14-16H,3,10-13,17-19H2,1-2H3,(H,38,39)(H,40,44). The average molecular weight is 629 g/mol. The Balaban J connectivity index is 1.18. The van der Waals surface area contributed by atoms with Crippen LogP contribution in [0.4, 0.5) is 32.4 Å². The lowest BCUT2D eigenvalue weighted by molar-refractivity contribution is -0.138. The number of nitrogens with zero attached hydrogens (tertiary/aromatic N) is 4. The number of H-pyrrole nitrogens is 1. The number of urea groups is 1. The van der Waals surface area contributed by atoms with Gasteiger partial charge in [-0.25, -0.2) is 9.78 Å². The minimum absolute atomic E-state index is 0.0951. The first-order valence-electron chi connectivity index (χ1n) is 14.7. The van der Waals surface area contributed by atoms with Gasteiger partial charge in [0.25, 0.3) is 5.92 Å². The van der Waals surface area contributed by atoms with E-state index in [1.807, 2.05) is 24.8 Å². The summed E-state index contributed by atoms with van der Waals surface area (Å²) in [5, 5.41) is 3.13. The number of ether oxygens (including phenoxy) is 1. The number of rotatable bonds is 6. The number of carbonyl (C=O) groups excluding carboxylic acids is 1. The molecule has 0 saturated carbocycles. The normalized spacial score (nSPS) is 17.4. The Morgan fingerprint density at radius 3 is 2.53 bits per heavy atom. The second-order valence-corrected chi connectivity index (χ2v) is 11.5. The number of anilines is 1. The van der Waals surface area contributed by atoms with E-state index in [0.717, 1.165) is 41.7 Å². The van der Waals surface area contributed by atoms with E-state index in [9.17, 15) is 18.0 Å². The van der Waals surface area contributed by atoms with Gasteiger partial charge in [-0.15, -0.1) is 0 Å². The third kappa shape index (κ3) is 6.59. The van der Waals surface area contributed by atoms with E-state index in [0.29, 0.717) is 30.2 Å². The fraction of sp³-hybridized carbons (Fsp3) is 0.375. The molecule has 0 bridgehead atoms. The highest BCUT2D eigenvalue weighted by molar-refractivity contribution is 5.90. The number of piperazine rings is 1. The summed E-state index contributed by atoms with van der Waals surface area (Å²) in [6.07, 6.45) is -3.09. The Hall–Kier alpha value is -4.23. The number of hydrogen-bond donors (Lipinski definition) is 2. The maximum atomic E-state index is 15.2. The number of fused-ring (bicyclic) bond motifs is 2. The van der Waals surface area contributed by atoms with Crippen LogP contribution in [-0.4, -0.2) is 70.0 Å². The lowest BCUT2D eigenvalue weighted by Crippen LogP contribution is -2.46. The van der Waals surface area contributed by atoms with Gasteiger partial charge in [-0.1, -0.05) is 13.0 Å². The SMILES string of the molecule is CCN1CCN(Cc2ccc(NC(=O)N3Cc4cc(Oc5ccnc6[nH]c(C)cc56)ccc4C(F)(F)C3)cc2C(F)(F)F)CC1. The third-order valence-corrected chi connectivity index (χ3v) is 8.34. The van der Waals surface area contributed by atoms with Crippen molar-refractivity contribution in [3.63, 3.8) is 0 Å². The molecule has 2 aliphatic heterocycles. The summed E-state index contributed by atoms with van der Waals surface area (Å²) in [4.78, 5) is 25.6. The van der Waals surface area contributed by atoms with Gasteiger partial charge in [-0.05, 0) is 67.1 Å². The van der Waals surface area contributed by atoms with Crippen LogP contribution in [0.15, 0.2) is 54.7 Å². The number of hydrogen-bond acceptors (Lipinski definition) is 5. The molecule has 0 spiro atoms. The zero-order chi connectivity index (χ0) is 31.9. The van der Waals surface area contributed by atoms with Crippen molar-refractivity contribution in [3.05, 3.63) is 82.7 Å². The molecule has 1 saturated heterocycles. The zero-order valence-electron chi connectivity index (χ0n) is 24.8. The summed E-state index contributed by atoms with van der Waals surface area (Å²) in [6.45, 7) is 6.69. The van der Waals surface area contributed by atoms with Crippen LogP contribution in [0.3, 0.4) is 0 Å². The third-order valence-electron chi connectivity index (χ3n) is 8.34. The van der Waals surface area contributed by atoms with Gasteiger partial charge < -0.3 is 24.8 Å². The first-order chi connectivity index (χ1) is 21.4. The molecule has 238 valence electrons. The Morgan fingerprint density at radius 1 is 1.04 bits per heavy atom. The molecule has 0 radical (unpaired) electrons. The van der Waals surface area contributed by atoms with Crippen LogP contribution in [0.2, 0.25) is 0 Å². The minimum Gasteiger partial charge on any atom is -0.457 e. The molecular weight excluding hydrogens is 595 g/mol. The highest BCUT2D eigenvalue weighted by atomic mass is 19.4. The largest absolute Gasteiger partial charge is 0.457 e. The quantitative estimate of drug-likeness (QED) is 0.226. The van der Waals surface area contributed by atoms with Gasteiger partial charge in [0.2, 0.25) is 0 Å². The van der Waals surface area contributed by atoms with Crippen molar-refractivity contribution in [2.24, 2.45) is 0 Å². The number of aromatic nitrogens is 2. The number of likely N-dealkylation sites (N-methyl/N-ethyl adjacent to an activating group) is 1. The molecule has 2 aliphatic rings. The summed E-state index contributed by atoms with van der Waals surface area (Å²) in [5.41, 5.74) is 0.539. The molecule has 0 aliphatic carbocycles. The van der Waals surface area contributed by atoms with E-state index in [2.05, 4.69) is 20.2 Å². The van der Waals surface area contributed by atoms with Crippen LogP contribution in [0, 0.1) is 6.92 Å². The van der Waals surface area contributed by atoms with Crippen LogP contribution in [-0.2, 0) is 25.2 Å². The van der Waals surface area contributed by atoms with Gasteiger partial charge in [0, 0.05) is 62.4 Å². The molecule has 2 aromatic carbocycles. The number of benzene rings is 2. The predicted octanol–water partition coefficient (Wildman–Crippen LogP) is 6.96. The highest BCUT2D eigenvalue weighted by Gasteiger charge is 2.42. The average Bonchev–Trinajstić information content (AvgIpc) is 3.38. The van der Waals surface area contributed by atoms with E-state index in [1.54, 1.807) is 12.3 Å². The summed E-state index contributed by atoms with van der Waals surface area (Å²) >= 11 is 0. The molecule has 0 unspecified atom stereocenters. The fourth-order valence-electron chi connectivity index (χ4n) is 5.96. The number of nitrogens with one attached hydrogen (secondary N) is 2. The van der Waals surface area contributed by atoms with Crippen molar-refractivity contribution in [1.82, 2.24) is 24.7 Å². The van der Waals surface area contributed by atoms with Gasteiger partial charge in [-0.2, -0.15) is 22.0 Å². The Labute approximate surface area is 256 Å². The van der Waals surface area contributed by atoms with Crippen molar-refractivity contribution in [2.75, 3.05) is 44.6 Å². The summed E-state index contributed by atoms with van der Waals surface area (Å²) in [6, 6.07) is 10.4. The van der Waals surface area contributed by atoms with Crippen molar-refractivity contribution < 1.29 is 31.5 Å². The molecule has 4 aromatic rings. The number of aromatic amines is 1. The molecule has 4 heterocycles. The molecule has 2 aromatic heterocycles. The van der Waals surface area contributed by atoms with Gasteiger partial charge in [0.15, 0.2) is 0 Å². The van der Waals surface area contributed by atoms with Gasteiger partial charge in [0.1, 0.15) is 17.1 Å². The van der Waals surface area contributed by atoms with Crippen molar-refractivity contribution in [1.29, 1.82) is 0 Å². The maximum Gasteiger partial charge on any atom is 0.416 e. The molecule has 6 rings (SSSR count). The Bertz CT molecular complexity index is 1710. The number of halogens is 5. The summed E-state index contributed by atoms with van der Waals surface area (Å²) in [5.74, 6) is -2.61. The lowest BCUT2D eigenvalue weighted by Gasteiger charge is -2.35. The van der Waals surface area contributed by atoms with E-state index in [-0.39, 0.29) is 35.5 Å². The molecule has 13 heteroatoms. The van der Waals surface area contributed by atoms with Gasteiger partial charge >= 0.3 is 12.2 Å². The van der Waals surface area contributed by atoms with Gasteiger partial charge in [0.05, 0.1) is 17.5 Å². The predicted molar refractivity (Wildman–Crippen MR) is 160 cm³/mol. The van der Waals surface area contributed by atoms with Gasteiger partial charge in [-0.3, -0.25) is 4.90 Å². The van der Waals surface area contributed by atoms with E-state index < -0.39 is 30.2 Å². The fourth-order valence-corrected chi connectivity index (χ4v) is 5.96. The highest BCUT2D eigenvalue weighted by Crippen LogP contribution is 2.40. The topological polar surface area (TPSA) is 76.7 Å². The van der Waals surface area contributed by atoms with E-state index in [1.165, 1.54) is 30.3 Å². The summed E-state index contributed by atoms with van der Waals surface area (Å²) < 4.78 is 78.7. The number of aryl methyl sites for hydroxylation is 1. The van der Waals surface area contributed by atoms with E-state index in [4.69, 9.17) is 4.74 Å². The molecule has 0 atom stereocenters. The second-order valence-electron chi connectivity index (χ2n) is 11.5. The van der Waals surface area contributed by atoms with Crippen LogP contribution >= 0.6 is 0 Å². The van der Waals surface area contributed by atoms with Crippen LogP contribution in [0.5, 0.6) is 11.5 Å². The molecule has 45 heavy (non-hydrogen) atoms. The molecular formula is C32H33F5N6O2. The summed E-state index contributed by atoms with van der Waals surface area (Å²) in [7, 11) is 0. The molecule has 2 N–H and O–H groups in total. The second kappa shape index (κ2) is 11.9. The van der Waals surface area contributed by atoms with Crippen LogP contribution < -0.4 is 10.1 Å². The Morgan fingerprint density at radius 2 is 1.80 bits per heavy atom. The van der Waals surface area contributed by atoms with E-state index >= 15 is 8.78 Å². The number of carbonyl (C=O) groups is 1. The first-order valence-corrected chi connectivity index (χ1v) is 14.7. The van der Waals surface area contributed by atoms with Crippen LogP contribution in [0.25, 0.3) is 11.0 Å². The monoisotopic (exact) mass is 628 g/mol. The number of alkyl halides is 5. The van der Waals surface area contributed by atoms with Crippen LogP contribution in [0.1, 0.15) is 34.9 Å². The first kappa shape index (κ1) is 30.8. The molecule has 8 nitrogen and oxygen atoms in total.